The van der Waals surface area contributed by atoms with Gasteiger partial charge in [-0.05, 0) is 43.4 Å². The number of hydrogen-bond acceptors (Lipinski definition) is 5. The van der Waals surface area contributed by atoms with E-state index in [4.69, 9.17) is 5.11 Å². The van der Waals surface area contributed by atoms with Crippen LogP contribution >= 0.6 is 0 Å². The lowest BCUT2D eigenvalue weighted by atomic mass is 10.0. The lowest BCUT2D eigenvalue weighted by Gasteiger charge is -2.30. The first-order chi connectivity index (χ1) is 13.0. The summed E-state index contributed by atoms with van der Waals surface area (Å²) in [6.45, 7) is 0.200. The van der Waals surface area contributed by atoms with Gasteiger partial charge >= 0.3 is 0 Å². The lowest BCUT2D eigenvalue weighted by Crippen LogP contribution is -2.35. The second kappa shape index (κ2) is 12.1. The molecule has 0 aliphatic heterocycles. The second-order valence-electron chi connectivity index (χ2n) is 6.60. The first-order valence-corrected chi connectivity index (χ1v) is 9.29. The standard InChI is InChI=1S/C20H31N3O4/c1-21-20(27)11-9-17(14-25)23(3)18-10-8-16(7-5-4-6-12-24)13-19(18)22(2)15-26/h8,10,13-15,17,24H,4-7,9,11-12H2,1-3H3,(H,21,27). The average Bonchev–Trinajstić information content (AvgIpc) is 2.70. The van der Waals surface area contributed by atoms with Gasteiger partial charge in [-0.2, -0.15) is 0 Å². The van der Waals surface area contributed by atoms with Gasteiger partial charge in [0.2, 0.25) is 12.3 Å². The highest BCUT2D eigenvalue weighted by Crippen LogP contribution is 2.31. The van der Waals surface area contributed by atoms with E-state index in [1.807, 2.05) is 18.2 Å². The molecule has 0 spiro atoms. The summed E-state index contributed by atoms with van der Waals surface area (Å²) in [5.74, 6) is -0.112. The molecule has 0 saturated heterocycles. The second-order valence-corrected chi connectivity index (χ2v) is 6.60. The molecule has 0 aliphatic rings. The Morgan fingerprint density at radius 1 is 1.19 bits per heavy atom. The molecule has 0 heterocycles. The third-order valence-electron chi connectivity index (χ3n) is 4.68. The maximum atomic E-state index is 11.6. The zero-order valence-corrected chi connectivity index (χ0v) is 16.5. The number of nitrogens with one attached hydrogen (secondary N) is 1. The van der Waals surface area contributed by atoms with Crippen LogP contribution in [0.15, 0.2) is 18.2 Å². The molecule has 0 fully saturated rings. The monoisotopic (exact) mass is 377 g/mol. The van der Waals surface area contributed by atoms with Crippen LogP contribution in [0.5, 0.6) is 0 Å². The van der Waals surface area contributed by atoms with Gasteiger partial charge in [-0.3, -0.25) is 9.59 Å². The Hall–Kier alpha value is -2.41. The first kappa shape index (κ1) is 22.6. The fourth-order valence-corrected chi connectivity index (χ4v) is 2.92. The molecule has 1 aromatic rings. The quantitative estimate of drug-likeness (QED) is 0.402. The number of anilines is 2. The van der Waals surface area contributed by atoms with Gasteiger partial charge in [0.25, 0.3) is 0 Å². The Morgan fingerprint density at radius 2 is 1.93 bits per heavy atom. The predicted molar refractivity (Wildman–Crippen MR) is 107 cm³/mol. The molecule has 7 heteroatoms. The Bertz CT molecular complexity index is 621. The van der Waals surface area contributed by atoms with Gasteiger partial charge in [0, 0.05) is 34.2 Å². The molecule has 2 N–H and O–H groups in total. The van der Waals surface area contributed by atoms with Crippen LogP contribution in [0.3, 0.4) is 0 Å². The summed E-state index contributed by atoms with van der Waals surface area (Å²) in [5, 5.41) is 11.4. The van der Waals surface area contributed by atoms with E-state index in [0.29, 0.717) is 6.42 Å². The maximum absolute atomic E-state index is 11.6. The number of amides is 2. The molecule has 1 aromatic carbocycles. The van der Waals surface area contributed by atoms with E-state index in [9.17, 15) is 14.4 Å². The van der Waals surface area contributed by atoms with Crippen LogP contribution < -0.4 is 15.1 Å². The van der Waals surface area contributed by atoms with Gasteiger partial charge in [0.1, 0.15) is 6.29 Å². The molecule has 150 valence electrons. The number of likely N-dealkylation sites (N-methyl/N-ethyl adjacent to an activating group) is 1. The van der Waals surface area contributed by atoms with Crippen LogP contribution in [0, 0.1) is 0 Å². The van der Waals surface area contributed by atoms with E-state index >= 15 is 0 Å². The minimum Gasteiger partial charge on any atom is -0.396 e. The number of carbonyl (C=O) groups excluding carboxylic acids is 3. The van der Waals surface area contributed by atoms with Crippen molar-refractivity contribution in [3.05, 3.63) is 23.8 Å². The smallest absolute Gasteiger partial charge is 0.219 e. The van der Waals surface area contributed by atoms with Crippen molar-refractivity contribution in [3.63, 3.8) is 0 Å². The molecular formula is C20H31N3O4. The van der Waals surface area contributed by atoms with Crippen molar-refractivity contribution in [1.82, 2.24) is 5.32 Å². The Balaban J connectivity index is 2.99. The minimum absolute atomic E-state index is 0.112. The summed E-state index contributed by atoms with van der Waals surface area (Å²) in [5.41, 5.74) is 2.58. The zero-order chi connectivity index (χ0) is 20.2. The molecule has 1 atom stereocenters. The molecule has 0 bridgehead atoms. The predicted octanol–water partition coefficient (Wildman–Crippen LogP) is 1.51. The number of carbonyl (C=O) groups is 3. The van der Waals surface area contributed by atoms with E-state index in [-0.39, 0.29) is 18.9 Å². The van der Waals surface area contributed by atoms with E-state index in [1.165, 1.54) is 4.90 Å². The minimum atomic E-state index is -0.462. The molecule has 0 aromatic heterocycles. The van der Waals surface area contributed by atoms with Crippen LogP contribution in [0.2, 0.25) is 0 Å². The highest BCUT2D eigenvalue weighted by atomic mass is 16.3. The van der Waals surface area contributed by atoms with Gasteiger partial charge in [0.05, 0.1) is 17.4 Å². The molecule has 1 unspecified atom stereocenters. The molecule has 0 radical (unpaired) electrons. The van der Waals surface area contributed by atoms with Crippen molar-refractivity contribution in [1.29, 1.82) is 0 Å². The zero-order valence-electron chi connectivity index (χ0n) is 16.5. The van der Waals surface area contributed by atoms with Crippen molar-refractivity contribution >= 4 is 30.0 Å². The first-order valence-electron chi connectivity index (χ1n) is 9.29. The number of aldehydes is 1. The fourth-order valence-electron chi connectivity index (χ4n) is 2.92. The summed E-state index contributed by atoms with van der Waals surface area (Å²) >= 11 is 0. The summed E-state index contributed by atoms with van der Waals surface area (Å²) in [6, 6.07) is 5.40. The highest BCUT2D eigenvalue weighted by Gasteiger charge is 2.20. The summed E-state index contributed by atoms with van der Waals surface area (Å²) in [7, 11) is 5.04. The summed E-state index contributed by atoms with van der Waals surface area (Å²) in [6.07, 6.45) is 5.77. The number of nitrogens with zero attached hydrogens (tertiary/aromatic N) is 2. The number of benzene rings is 1. The van der Waals surface area contributed by atoms with E-state index in [1.54, 1.807) is 26.0 Å². The molecule has 0 saturated carbocycles. The number of unbranched alkanes of at least 4 members (excludes halogenated alkanes) is 2. The molecule has 7 nitrogen and oxygen atoms in total. The van der Waals surface area contributed by atoms with Crippen LogP contribution in [0.25, 0.3) is 0 Å². The number of aliphatic hydroxyl groups is 1. The van der Waals surface area contributed by atoms with E-state index in [0.717, 1.165) is 55.3 Å². The van der Waals surface area contributed by atoms with Crippen LogP contribution in [-0.4, -0.2) is 57.5 Å². The molecule has 27 heavy (non-hydrogen) atoms. The highest BCUT2D eigenvalue weighted by molar-refractivity contribution is 5.85. The van der Waals surface area contributed by atoms with E-state index in [2.05, 4.69) is 5.32 Å². The van der Waals surface area contributed by atoms with E-state index < -0.39 is 6.04 Å². The van der Waals surface area contributed by atoms with Crippen molar-refractivity contribution in [2.75, 3.05) is 37.5 Å². The van der Waals surface area contributed by atoms with Crippen molar-refractivity contribution in [3.8, 4) is 0 Å². The molecule has 1 rings (SSSR count). The van der Waals surface area contributed by atoms with Gasteiger partial charge in [-0.15, -0.1) is 0 Å². The summed E-state index contributed by atoms with van der Waals surface area (Å²) < 4.78 is 0. The fraction of sp³-hybridized carbons (Fsp3) is 0.550. The third kappa shape index (κ3) is 7.02. The van der Waals surface area contributed by atoms with Gasteiger partial charge in [0.15, 0.2) is 0 Å². The molecule has 2 amide bonds. The van der Waals surface area contributed by atoms with Crippen LogP contribution in [0.4, 0.5) is 11.4 Å². The third-order valence-corrected chi connectivity index (χ3v) is 4.68. The average molecular weight is 377 g/mol. The Morgan fingerprint density at radius 3 is 2.52 bits per heavy atom. The SMILES string of the molecule is CNC(=O)CCC(C=O)N(C)c1ccc(CCCCCO)cc1N(C)C=O. The van der Waals surface area contributed by atoms with Crippen molar-refractivity contribution in [2.45, 2.75) is 44.6 Å². The largest absolute Gasteiger partial charge is 0.396 e. The molecule has 0 aliphatic carbocycles. The molecular weight excluding hydrogens is 346 g/mol. The Labute approximate surface area is 161 Å². The van der Waals surface area contributed by atoms with Crippen LogP contribution in [0.1, 0.15) is 37.7 Å². The lowest BCUT2D eigenvalue weighted by molar-refractivity contribution is -0.120. The topological polar surface area (TPSA) is 89.9 Å². The summed E-state index contributed by atoms with van der Waals surface area (Å²) in [4.78, 5) is 37.7. The van der Waals surface area contributed by atoms with Crippen molar-refractivity contribution in [2.24, 2.45) is 0 Å². The van der Waals surface area contributed by atoms with Gasteiger partial charge in [-0.25, -0.2) is 0 Å². The normalized spacial score (nSPS) is 11.6. The number of hydrogen-bond donors (Lipinski definition) is 2. The van der Waals surface area contributed by atoms with Crippen LogP contribution in [-0.2, 0) is 20.8 Å². The van der Waals surface area contributed by atoms with Gasteiger partial charge < -0.3 is 25.0 Å². The van der Waals surface area contributed by atoms with Gasteiger partial charge in [-0.1, -0.05) is 12.5 Å². The number of aliphatic hydroxyl groups excluding tert-OH is 1. The maximum Gasteiger partial charge on any atom is 0.219 e. The number of rotatable bonds is 13. The number of aryl methyl sites for hydroxylation is 1. The Kier molecular flexibility index (Phi) is 10.1. The van der Waals surface area contributed by atoms with Crippen molar-refractivity contribution < 1.29 is 19.5 Å².